The number of anilines is 3. The highest BCUT2D eigenvalue weighted by Crippen LogP contribution is 2.28. The van der Waals surface area contributed by atoms with Gasteiger partial charge < -0.3 is 19.7 Å². The summed E-state index contributed by atoms with van der Waals surface area (Å²) in [5, 5.41) is 7.83. The average Bonchev–Trinajstić information content (AvgIpc) is 3.23. The van der Waals surface area contributed by atoms with Crippen LogP contribution in [0.25, 0.3) is 16.8 Å². The molecule has 2 aromatic carbocycles. The Balaban J connectivity index is 1.39. The third-order valence-electron chi connectivity index (χ3n) is 5.27. The van der Waals surface area contributed by atoms with E-state index < -0.39 is 0 Å². The SMILES string of the molecule is COc1cccc(-c2cnn3ccc(Nc4ccc(N5CCOCC5)cc4)nc23)c1. The van der Waals surface area contributed by atoms with Crippen LogP contribution in [0.4, 0.5) is 17.2 Å². The summed E-state index contributed by atoms with van der Waals surface area (Å²) in [6.07, 6.45) is 3.74. The molecule has 7 nitrogen and oxygen atoms in total. The van der Waals surface area contributed by atoms with Crippen LogP contribution in [0.2, 0.25) is 0 Å². The van der Waals surface area contributed by atoms with E-state index in [4.69, 9.17) is 14.5 Å². The number of nitrogens with zero attached hydrogens (tertiary/aromatic N) is 4. The second-order valence-electron chi connectivity index (χ2n) is 7.14. The smallest absolute Gasteiger partial charge is 0.165 e. The van der Waals surface area contributed by atoms with Gasteiger partial charge in [-0.05, 0) is 48.0 Å². The van der Waals surface area contributed by atoms with Crippen molar-refractivity contribution in [1.29, 1.82) is 0 Å². The monoisotopic (exact) mass is 401 g/mol. The van der Waals surface area contributed by atoms with E-state index in [1.165, 1.54) is 5.69 Å². The van der Waals surface area contributed by atoms with Crippen molar-refractivity contribution >= 4 is 22.8 Å². The van der Waals surface area contributed by atoms with Crippen molar-refractivity contribution in [2.24, 2.45) is 0 Å². The average molecular weight is 401 g/mol. The molecule has 1 fully saturated rings. The quantitative estimate of drug-likeness (QED) is 0.546. The molecule has 0 unspecified atom stereocenters. The molecule has 1 N–H and O–H groups in total. The maximum Gasteiger partial charge on any atom is 0.165 e. The number of hydrogen-bond acceptors (Lipinski definition) is 6. The Hall–Kier alpha value is -3.58. The van der Waals surface area contributed by atoms with Gasteiger partial charge in [0.2, 0.25) is 0 Å². The maximum absolute atomic E-state index is 5.43. The number of aromatic nitrogens is 3. The summed E-state index contributed by atoms with van der Waals surface area (Å²) in [6.45, 7) is 3.42. The molecule has 4 aromatic rings. The van der Waals surface area contributed by atoms with Crippen LogP contribution in [0.3, 0.4) is 0 Å². The maximum atomic E-state index is 5.43. The summed E-state index contributed by atoms with van der Waals surface area (Å²) in [5.41, 5.74) is 4.97. The highest BCUT2D eigenvalue weighted by atomic mass is 16.5. The van der Waals surface area contributed by atoms with Gasteiger partial charge in [0.05, 0.1) is 26.5 Å². The van der Waals surface area contributed by atoms with Crippen LogP contribution in [0.15, 0.2) is 67.0 Å². The van der Waals surface area contributed by atoms with Crippen LogP contribution in [-0.2, 0) is 4.74 Å². The molecule has 3 heterocycles. The van der Waals surface area contributed by atoms with E-state index >= 15 is 0 Å². The molecule has 0 atom stereocenters. The zero-order valence-electron chi connectivity index (χ0n) is 16.8. The number of nitrogens with one attached hydrogen (secondary N) is 1. The first-order valence-corrected chi connectivity index (χ1v) is 9.99. The second kappa shape index (κ2) is 8.04. The summed E-state index contributed by atoms with van der Waals surface area (Å²) in [5.74, 6) is 1.58. The van der Waals surface area contributed by atoms with E-state index in [0.29, 0.717) is 0 Å². The molecule has 1 aliphatic heterocycles. The number of methoxy groups -OCH3 is 1. The van der Waals surface area contributed by atoms with Crippen molar-refractivity contribution < 1.29 is 9.47 Å². The number of hydrogen-bond donors (Lipinski definition) is 1. The van der Waals surface area contributed by atoms with E-state index in [0.717, 1.165) is 60.3 Å². The van der Waals surface area contributed by atoms with Crippen molar-refractivity contribution in [3.8, 4) is 16.9 Å². The first kappa shape index (κ1) is 18.4. The fraction of sp³-hybridized carbons (Fsp3) is 0.217. The lowest BCUT2D eigenvalue weighted by Gasteiger charge is -2.28. The van der Waals surface area contributed by atoms with Gasteiger partial charge in [-0.25, -0.2) is 9.50 Å². The van der Waals surface area contributed by atoms with Gasteiger partial charge in [0.1, 0.15) is 11.6 Å². The van der Waals surface area contributed by atoms with Crippen LogP contribution < -0.4 is 15.0 Å². The second-order valence-corrected chi connectivity index (χ2v) is 7.14. The predicted molar refractivity (Wildman–Crippen MR) is 118 cm³/mol. The van der Waals surface area contributed by atoms with Crippen LogP contribution >= 0.6 is 0 Å². The number of fused-ring (bicyclic) bond motifs is 1. The molecule has 0 radical (unpaired) electrons. The van der Waals surface area contributed by atoms with Gasteiger partial charge in [-0.3, -0.25) is 0 Å². The van der Waals surface area contributed by atoms with Gasteiger partial charge >= 0.3 is 0 Å². The molecule has 0 aliphatic carbocycles. The van der Waals surface area contributed by atoms with Crippen molar-refractivity contribution in [3.05, 3.63) is 67.0 Å². The van der Waals surface area contributed by atoms with E-state index in [9.17, 15) is 0 Å². The van der Waals surface area contributed by atoms with Gasteiger partial charge in [0, 0.05) is 36.2 Å². The molecule has 30 heavy (non-hydrogen) atoms. The molecule has 0 bridgehead atoms. The molecule has 152 valence electrons. The molecule has 0 amide bonds. The standard InChI is InChI=1S/C23H23N5O2/c1-29-20-4-2-3-17(15-20)21-16-24-28-10-9-22(26-23(21)28)25-18-5-7-19(8-6-18)27-11-13-30-14-12-27/h2-10,15-16H,11-14H2,1H3,(H,25,26). The van der Waals surface area contributed by atoms with Crippen molar-refractivity contribution in [2.75, 3.05) is 43.6 Å². The molecule has 0 spiro atoms. The Labute approximate surface area is 174 Å². The molecule has 7 heteroatoms. The minimum Gasteiger partial charge on any atom is -0.497 e. The van der Waals surface area contributed by atoms with Gasteiger partial charge in [0.25, 0.3) is 0 Å². The summed E-state index contributed by atoms with van der Waals surface area (Å²) in [4.78, 5) is 7.13. The van der Waals surface area contributed by atoms with E-state index in [-0.39, 0.29) is 0 Å². The topological polar surface area (TPSA) is 63.9 Å². The van der Waals surface area contributed by atoms with Gasteiger partial charge in [0.15, 0.2) is 5.65 Å². The fourth-order valence-electron chi connectivity index (χ4n) is 3.66. The van der Waals surface area contributed by atoms with Gasteiger partial charge in [-0.1, -0.05) is 12.1 Å². The molecule has 5 rings (SSSR count). The van der Waals surface area contributed by atoms with Crippen LogP contribution in [-0.4, -0.2) is 48.0 Å². The first-order valence-electron chi connectivity index (χ1n) is 9.99. The van der Waals surface area contributed by atoms with Crippen LogP contribution in [0, 0.1) is 0 Å². The van der Waals surface area contributed by atoms with Crippen molar-refractivity contribution in [2.45, 2.75) is 0 Å². The lowest BCUT2D eigenvalue weighted by atomic mass is 10.1. The molecule has 1 saturated heterocycles. The van der Waals surface area contributed by atoms with E-state index in [1.54, 1.807) is 11.6 Å². The summed E-state index contributed by atoms with van der Waals surface area (Å²) < 4.78 is 12.6. The summed E-state index contributed by atoms with van der Waals surface area (Å²) in [7, 11) is 1.67. The van der Waals surface area contributed by atoms with E-state index in [1.807, 2.05) is 42.7 Å². The lowest BCUT2D eigenvalue weighted by molar-refractivity contribution is 0.122. The first-order chi connectivity index (χ1) is 14.8. The molecular formula is C23H23N5O2. The Bertz CT molecular complexity index is 1150. The zero-order valence-corrected chi connectivity index (χ0v) is 16.8. The zero-order chi connectivity index (χ0) is 20.3. The van der Waals surface area contributed by atoms with Gasteiger partial charge in [-0.2, -0.15) is 5.10 Å². The summed E-state index contributed by atoms with van der Waals surface area (Å²) >= 11 is 0. The Morgan fingerprint density at radius 1 is 1.03 bits per heavy atom. The normalized spacial score (nSPS) is 14.1. The van der Waals surface area contributed by atoms with Crippen molar-refractivity contribution in [1.82, 2.24) is 14.6 Å². The fourth-order valence-corrected chi connectivity index (χ4v) is 3.66. The molecule has 0 saturated carbocycles. The van der Waals surface area contributed by atoms with Crippen LogP contribution in [0.5, 0.6) is 5.75 Å². The largest absolute Gasteiger partial charge is 0.497 e. The summed E-state index contributed by atoms with van der Waals surface area (Å²) in [6, 6.07) is 18.3. The van der Waals surface area contributed by atoms with Crippen LogP contribution in [0.1, 0.15) is 0 Å². The number of benzene rings is 2. The highest BCUT2D eigenvalue weighted by Gasteiger charge is 2.12. The third kappa shape index (κ3) is 3.67. The minimum absolute atomic E-state index is 0.770. The molecule has 1 aliphatic rings. The minimum atomic E-state index is 0.770. The van der Waals surface area contributed by atoms with Crippen molar-refractivity contribution in [3.63, 3.8) is 0 Å². The Morgan fingerprint density at radius 3 is 2.67 bits per heavy atom. The molecule has 2 aromatic heterocycles. The van der Waals surface area contributed by atoms with E-state index in [2.05, 4.69) is 39.6 Å². The number of rotatable bonds is 5. The number of ether oxygens (including phenoxy) is 2. The van der Waals surface area contributed by atoms with Gasteiger partial charge in [-0.15, -0.1) is 0 Å². The Morgan fingerprint density at radius 2 is 1.87 bits per heavy atom. The Kier molecular flexibility index (Phi) is 4.94. The highest BCUT2D eigenvalue weighted by molar-refractivity contribution is 5.78. The number of morpholine rings is 1. The molecular weight excluding hydrogens is 378 g/mol. The third-order valence-corrected chi connectivity index (χ3v) is 5.27. The predicted octanol–water partition coefficient (Wildman–Crippen LogP) is 3.99. The lowest BCUT2D eigenvalue weighted by Crippen LogP contribution is -2.36.